The molecule has 1 rings (SSSR count). The maximum Gasteiger partial charge on any atom is 0.166 e. The molecule has 0 spiro atoms. The Morgan fingerprint density at radius 3 is 2.67 bits per heavy atom. The van der Waals surface area contributed by atoms with Crippen molar-refractivity contribution in [2.24, 2.45) is 5.73 Å². The molecule has 0 amide bonds. The minimum Gasteiger partial charge on any atom is -0.330 e. The summed E-state index contributed by atoms with van der Waals surface area (Å²) in [6.45, 7) is 4.32. The molecule has 1 unspecified atom stereocenters. The van der Waals surface area contributed by atoms with Gasteiger partial charge in [0.2, 0.25) is 0 Å². The second-order valence-electron chi connectivity index (χ2n) is 4.72. The summed E-state index contributed by atoms with van der Waals surface area (Å²) in [5.74, 6) is 2.04. The monoisotopic (exact) mass is 294 g/mol. The number of sulfone groups is 1. The van der Waals surface area contributed by atoms with Gasteiger partial charge in [-0.1, -0.05) is 19.8 Å². The van der Waals surface area contributed by atoms with E-state index in [0.29, 0.717) is 0 Å². The van der Waals surface area contributed by atoms with Crippen LogP contribution in [0.5, 0.6) is 0 Å². The summed E-state index contributed by atoms with van der Waals surface area (Å²) in [5, 5.41) is -0.254. The molecule has 2 N–H and O–H groups in total. The van der Waals surface area contributed by atoms with E-state index in [-0.39, 0.29) is 11.1 Å². The highest BCUT2D eigenvalue weighted by Crippen LogP contribution is 2.21. The van der Waals surface area contributed by atoms with Crippen molar-refractivity contribution in [3.8, 4) is 0 Å². The normalized spacial score (nSPS) is 22.2. The molecule has 0 radical (unpaired) electrons. The molecule has 1 aliphatic heterocycles. The fraction of sp³-hybridized carbons (Fsp3) is 1.00. The second-order valence-corrected chi connectivity index (χ2v) is 8.32. The number of hydrogen-bond acceptors (Lipinski definition) is 5. The lowest BCUT2D eigenvalue weighted by molar-refractivity contribution is 0.263. The summed E-state index contributed by atoms with van der Waals surface area (Å²) in [7, 11) is -2.93. The van der Waals surface area contributed by atoms with Crippen molar-refractivity contribution in [2.45, 2.75) is 38.0 Å². The number of nitrogens with zero attached hydrogens (tertiary/aromatic N) is 1. The zero-order valence-corrected chi connectivity index (χ0v) is 12.9. The van der Waals surface area contributed by atoms with E-state index in [0.717, 1.165) is 56.8 Å². The quantitative estimate of drug-likeness (QED) is 0.684. The van der Waals surface area contributed by atoms with Gasteiger partial charge in [-0.15, -0.1) is 0 Å². The molecule has 0 aliphatic carbocycles. The highest BCUT2D eigenvalue weighted by atomic mass is 32.2. The minimum absolute atomic E-state index is 0.252. The largest absolute Gasteiger partial charge is 0.330 e. The van der Waals surface area contributed by atoms with Crippen LogP contribution < -0.4 is 5.73 Å². The van der Waals surface area contributed by atoms with Crippen LogP contribution >= 0.6 is 11.8 Å². The Balaban J connectivity index is 2.40. The predicted octanol–water partition coefficient (Wildman–Crippen LogP) is 1.32. The van der Waals surface area contributed by atoms with Crippen LogP contribution in [-0.4, -0.2) is 55.6 Å². The Bertz CT molecular complexity index is 320. The fourth-order valence-electron chi connectivity index (χ4n) is 2.21. The van der Waals surface area contributed by atoms with E-state index in [4.69, 9.17) is 5.73 Å². The van der Waals surface area contributed by atoms with Gasteiger partial charge in [0.15, 0.2) is 9.84 Å². The highest BCUT2D eigenvalue weighted by molar-refractivity contribution is 8.01. The standard InChI is InChI=1S/C12H26N2O2S2/c1-2-18(15,16)12-11-17-10-9-14(12)8-6-4-3-5-7-13/h12H,2-11,13H2,1H3. The van der Waals surface area contributed by atoms with E-state index < -0.39 is 9.84 Å². The third-order valence-corrected chi connectivity index (χ3v) is 6.74. The van der Waals surface area contributed by atoms with Crippen molar-refractivity contribution < 1.29 is 8.42 Å². The van der Waals surface area contributed by atoms with Crippen LogP contribution in [0.15, 0.2) is 0 Å². The summed E-state index contributed by atoms with van der Waals surface area (Å²) in [6.07, 6.45) is 4.47. The topological polar surface area (TPSA) is 63.4 Å². The number of unbranched alkanes of at least 4 members (excludes halogenated alkanes) is 3. The van der Waals surface area contributed by atoms with E-state index in [2.05, 4.69) is 4.90 Å². The SMILES string of the molecule is CCS(=O)(=O)C1CSCCN1CCCCCCN. The molecule has 1 atom stereocenters. The summed E-state index contributed by atoms with van der Waals surface area (Å²) >= 11 is 1.76. The average molecular weight is 294 g/mol. The van der Waals surface area contributed by atoms with Gasteiger partial charge in [0, 0.05) is 23.8 Å². The molecule has 1 fully saturated rings. The molecule has 0 aromatic carbocycles. The van der Waals surface area contributed by atoms with Crippen LogP contribution in [0.3, 0.4) is 0 Å². The molecule has 0 saturated carbocycles. The third-order valence-electron chi connectivity index (χ3n) is 3.41. The molecule has 108 valence electrons. The Hall–Kier alpha value is 0.220. The van der Waals surface area contributed by atoms with Gasteiger partial charge in [0.25, 0.3) is 0 Å². The number of nitrogens with two attached hydrogens (primary N) is 1. The Labute approximate surface area is 116 Å². The lowest BCUT2D eigenvalue weighted by atomic mass is 10.2. The molecule has 0 bridgehead atoms. The van der Waals surface area contributed by atoms with E-state index in [1.165, 1.54) is 0 Å². The zero-order valence-electron chi connectivity index (χ0n) is 11.3. The van der Waals surface area contributed by atoms with Crippen molar-refractivity contribution in [1.82, 2.24) is 4.90 Å². The van der Waals surface area contributed by atoms with E-state index >= 15 is 0 Å². The van der Waals surface area contributed by atoms with E-state index in [9.17, 15) is 8.42 Å². The van der Waals surface area contributed by atoms with Crippen molar-refractivity contribution in [1.29, 1.82) is 0 Å². The van der Waals surface area contributed by atoms with E-state index in [1.54, 1.807) is 18.7 Å². The van der Waals surface area contributed by atoms with Gasteiger partial charge >= 0.3 is 0 Å². The van der Waals surface area contributed by atoms with Gasteiger partial charge in [-0.25, -0.2) is 8.42 Å². The van der Waals surface area contributed by atoms with E-state index in [1.807, 2.05) is 0 Å². The average Bonchev–Trinajstić information content (AvgIpc) is 2.39. The molecule has 0 aromatic heterocycles. The van der Waals surface area contributed by atoms with Crippen molar-refractivity contribution in [3.05, 3.63) is 0 Å². The fourth-order valence-corrected chi connectivity index (χ4v) is 5.32. The molecule has 18 heavy (non-hydrogen) atoms. The Morgan fingerprint density at radius 2 is 2.00 bits per heavy atom. The Kier molecular flexibility index (Phi) is 7.60. The van der Waals surface area contributed by atoms with Gasteiger partial charge in [0.1, 0.15) is 5.37 Å². The zero-order chi connectivity index (χ0) is 13.4. The molecule has 1 saturated heterocycles. The van der Waals surface area contributed by atoms with Crippen molar-refractivity contribution in [2.75, 3.05) is 36.9 Å². The maximum atomic E-state index is 12.0. The summed E-state index contributed by atoms with van der Waals surface area (Å²) in [6, 6.07) is 0. The maximum absolute atomic E-state index is 12.0. The van der Waals surface area contributed by atoms with Crippen LogP contribution in [-0.2, 0) is 9.84 Å². The van der Waals surface area contributed by atoms with Gasteiger partial charge in [-0.3, -0.25) is 4.90 Å². The van der Waals surface area contributed by atoms with Crippen LogP contribution in [0, 0.1) is 0 Å². The van der Waals surface area contributed by atoms with Crippen LogP contribution in [0.1, 0.15) is 32.6 Å². The molecular formula is C12H26N2O2S2. The van der Waals surface area contributed by atoms with Gasteiger partial charge in [-0.05, 0) is 25.9 Å². The van der Waals surface area contributed by atoms with Crippen LogP contribution in [0.4, 0.5) is 0 Å². The molecule has 4 nitrogen and oxygen atoms in total. The lowest BCUT2D eigenvalue weighted by Gasteiger charge is -2.34. The van der Waals surface area contributed by atoms with Gasteiger partial charge in [-0.2, -0.15) is 11.8 Å². The lowest BCUT2D eigenvalue weighted by Crippen LogP contribution is -2.48. The molecule has 6 heteroatoms. The smallest absolute Gasteiger partial charge is 0.166 e. The third kappa shape index (κ3) is 5.07. The molecule has 0 aromatic rings. The summed E-state index contributed by atoms with van der Waals surface area (Å²) < 4.78 is 24.1. The predicted molar refractivity (Wildman–Crippen MR) is 79.7 cm³/mol. The molecular weight excluding hydrogens is 268 g/mol. The first-order chi connectivity index (χ1) is 8.61. The van der Waals surface area contributed by atoms with Crippen LogP contribution in [0.2, 0.25) is 0 Å². The second kappa shape index (κ2) is 8.40. The molecule has 1 heterocycles. The first-order valence-corrected chi connectivity index (χ1v) is 9.72. The summed E-state index contributed by atoms with van der Waals surface area (Å²) in [5.41, 5.74) is 5.46. The summed E-state index contributed by atoms with van der Waals surface area (Å²) in [4.78, 5) is 2.16. The highest BCUT2D eigenvalue weighted by Gasteiger charge is 2.32. The first kappa shape index (κ1) is 16.3. The number of rotatable bonds is 8. The van der Waals surface area contributed by atoms with Crippen LogP contribution in [0.25, 0.3) is 0 Å². The first-order valence-electron chi connectivity index (χ1n) is 6.85. The minimum atomic E-state index is -2.93. The Morgan fingerprint density at radius 1 is 1.28 bits per heavy atom. The van der Waals surface area contributed by atoms with Crippen molar-refractivity contribution in [3.63, 3.8) is 0 Å². The number of hydrogen-bond donors (Lipinski definition) is 1. The van der Waals surface area contributed by atoms with Gasteiger partial charge in [0.05, 0.1) is 0 Å². The molecule has 1 aliphatic rings. The number of thioether (sulfide) groups is 1. The van der Waals surface area contributed by atoms with Crippen molar-refractivity contribution >= 4 is 21.6 Å². The van der Waals surface area contributed by atoms with Gasteiger partial charge < -0.3 is 5.73 Å².